The third-order valence-corrected chi connectivity index (χ3v) is 4.63. The van der Waals surface area contributed by atoms with Gasteiger partial charge in [0.25, 0.3) is 0 Å². The molecule has 0 aliphatic carbocycles. The van der Waals surface area contributed by atoms with Crippen LogP contribution in [0.2, 0.25) is 0 Å². The van der Waals surface area contributed by atoms with Crippen molar-refractivity contribution in [1.29, 1.82) is 0 Å². The number of aromatic nitrogens is 5. The lowest BCUT2D eigenvalue weighted by molar-refractivity contribution is 1.03. The summed E-state index contributed by atoms with van der Waals surface area (Å²) in [5, 5.41) is 0. The number of aromatic amines is 1. The highest BCUT2D eigenvalue weighted by Gasteiger charge is 2.16. The molecule has 0 spiro atoms. The van der Waals surface area contributed by atoms with Gasteiger partial charge in [0.15, 0.2) is 0 Å². The van der Waals surface area contributed by atoms with Crippen molar-refractivity contribution in [2.45, 2.75) is 6.42 Å². The summed E-state index contributed by atoms with van der Waals surface area (Å²) in [5.41, 5.74) is 6.56. The number of hydrogen-bond acceptors (Lipinski definition) is 4. The molecule has 0 amide bonds. The van der Waals surface area contributed by atoms with E-state index in [1.807, 2.05) is 54.6 Å². The Morgan fingerprint density at radius 1 is 0.714 bits per heavy atom. The lowest BCUT2D eigenvalue weighted by atomic mass is 10.1. The molecule has 134 valence electrons. The maximum atomic E-state index is 4.92. The smallest absolute Gasteiger partial charge is 0.111 e. The Hall–Kier alpha value is -3.86. The summed E-state index contributed by atoms with van der Waals surface area (Å²) in [6.45, 7) is 0. The maximum absolute atomic E-state index is 4.92. The van der Waals surface area contributed by atoms with Gasteiger partial charge in [-0.15, -0.1) is 0 Å². The molecule has 3 aromatic heterocycles. The zero-order valence-corrected chi connectivity index (χ0v) is 15.1. The molecule has 5 heteroatoms. The van der Waals surface area contributed by atoms with E-state index in [4.69, 9.17) is 4.98 Å². The predicted octanol–water partition coefficient (Wildman–Crippen LogP) is 4.67. The van der Waals surface area contributed by atoms with E-state index in [-0.39, 0.29) is 0 Å². The number of pyridine rings is 1. The molecule has 0 unspecified atom stereocenters. The van der Waals surface area contributed by atoms with Crippen LogP contribution in [0, 0.1) is 0 Å². The van der Waals surface area contributed by atoms with Crippen LogP contribution < -0.4 is 0 Å². The van der Waals surface area contributed by atoms with Crippen LogP contribution in [0.3, 0.4) is 0 Å². The maximum Gasteiger partial charge on any atom is 0.111 e. The number of hydrogen-bond donors (Lipinski definition) is 1. The summed E-state index contributed by atoms with van der Waals surface area (Å²) in [7, 11) is 0. The first kappa shape index (κ1) is 16.3. The van der Waals surface area contributed by atoms with Crippen molar-refractivity contribution >= 4 is 11.0 Å². The van der Waals surface area contributed by atoms with Crippen molar-refractivity contribution < 1.29 is 0 Å². The van der Waals surface area contributed by atoms with Crippen molar-refractivity contribution in [2.24, 2.45) is 0 Å². The molecular weight excluding hydrogens is 346 g/mol. The van der Waals surface area contributed by atoms with Gasteiger partial charge >= 0.3 is 0 Å². The Labute approximate surface area is 162 Å². The number of imidazole rings is 1. The molecule has 2 aromatic carbocycles. The molecule has 0 atom stereocenters. The number of H-pyrrole nitrogens is 1. The first-order chi connectivity index (χ1) is 13.9. The molecule has 28 heavy (non-hydrogen) atoms. The Balaban J connectivity index is 1.64. The van der Waals surface area contributed by atoms with Crippen molar-refractivity contribution in [2.75, 3.05) is 0 Å². The Kier molecular flexibility index (Phi) is 4.10. The normalized spacial score (nSPS) is 11.0. The molecule has 0 radical (unpaired) electrons. The number of rotatable bonds is 4. The summed E-state index contributed by atoms with van der Waals surface area (Å²) >= 11 is 0. The number of nitrogens with zero attached hydrogens (tertiary/aromatic N) is 4. The summed E-state index contributed by atoms with van der Waals surface area (Å²) in [6.07, 6.45) is 5.93. The van der Waals surface area contributed by atoms with Crippen molar-refractivity contribution in [3.63, 3.8) is 0 Å². The summed E-state index contributed by atoms with van der Waals surface area (Å²) in [6, 6.07) is 22.2. The van der Waals surface area contributed by atoms with Gasteiger partial charge in [-0.3, -0.25) is 15.0 Å². The van der Waals surface area contributed by atoms with Crippen LogP contribution in [0.5, 0.6) is 0 Å². The monoisotopic (exact) mass is 363 g/mol. The minimum Gasteiger partial charge on any atom is -0.340 e. The zero-order chi connectivity index (χ0) is 18.8. The number of fused-ring (bicyclic) bond motifs is 1. The average molecular weight is 363 g/mol. The zero-order valence-electron chi connectivity index (χ0n) is 15.1. The van der Waals surface area contributed by atoms with E-state index in [2.05, 4.69) is 32.1 Å². The Morgan fingerprint density at radius 2 is 1.54 bits per heavy atom. The van der Waals surface area contributed by atoms with Crippen molar-refractivity contribution in [3.8, 4) is 22.6 Å². The molecule has 5 nitrogen and oxygen atoms in total. The Morgan fingerprint density at radius 3 is 2.36 bits per heavy atom. The van der Waals surface area contributed by atoms with Crippen LogP contribution in [-0.4, -0.2) is 24.9 Å². The van der Waals surface area contributed by atoms with Crippen molar-refractivity contribution in [1.82, 2.24) is 24.9 Å². The largest absolute Gasteiger partial charge is 0.340 e. The topological polar surface area (TPSA) is 67.3 Å². The third-order valence-electron chi connectivity index (χ3n) is 4.63. The number of nitrogens with one attached hydrogen (secondary N) is 1. The molecule has 3 heterocycles. The fraction of sp³-hybridized carbons (Fsp3) is 0.0435. The second-order valence-electron chi connectivity index (χ2n) is 6.54. The molecule has 0 aliphatic heterocycles. The molecule has 0 saturated heterocycles. The minimum absolute atomic E-state index is 0.730. The highest BCUT2D eigenvalue weighted by atomic mass is 15.0. The minimum atomic E-state index is 0.730. The Bertz CT molecular complexity index is 1230. The molecule has 0 saturated carbocycles. The van der Waals surface area contributed by atoms with E-state index in [1.54, 1.807) is 18.6 Å². The van der Waals surface area contributed by atoms with E-state index in [9.17, 15) is 0 Å². The molecule has 0 aliphatic rings. The van der Waals surface area contributed by atoms with Crippen LogP contribution in [0.25, 0.3) is 33.7 Å². The summed E-state index contributed by atoms with van der Waals surface area (Å²) in [5.74, 6) is 0.904. The highest BCUT2D eigenvalue weighted by Crippen LogP contribution is 2.30. The van der Waals surface area contributed by atoms with E-state index < -0.39 is 0 Å². The van der Waals surface area contributed by atoms with Gasteiger partial charge < -0.3 is 4.98 Å². The van der Waals surface area contributed by atoms with Gasteiger partial charge in [-0.1, -0.05) is 42.5 Å². The number of benzene rings is 2. The molecular formula is C23H17N5. The van der Waals surface area contributed by atoms with E-state index in [0.717, 1.165) is 45.9 Å². The molecule has 5 aromatic rings. The molecule has 0 fully saturated rings. The fourth-order valence-electron chi connectivity index (χ4n) is 3.31. The van der Waals surface area contributed by atoms with Gasteiger partial charge in [-0.05, 0) is 29.8 Å². The summed E-state index contributed by atoms with van der Waals surface area (Å²) in [4.78, 5) is 21.7. The van der Waals surface area contributed by atoms with Gasteiger partial charge in [-0.25, -0.2) is 4.98 Å². The van der Waals surface area contributed by atoms with E-state index >= 15 is 0 Å². The van der Waals surface area contributed by atoms with Crippen LogP contribution in [0.15, 0.2) is 85.3 Å². The van der Waals surface area contributed by atoms with Crippen LogP contribution in [0.4, 0.5) is 0 Å². The first-order valence-corrected chi connectivity index (χ1v) is 9.12. The lowest BCUT2D eigenvalue weighted by Gasteiger charge is -2.03. The average Bonchev–Trinajstić information content (AvgIpc) is 3.18. The van der Waals surface area contributed by atoms with Gasteiger partial charge in [0.05, 0.1) is 28.1 Å². The van der Waals surface area contributed by atoms with Gasteiger partial charge in [0.2, 0.25) is 0 Å². The first-order valence-electron chi connectivity index (χ1n) is 9.12. The van der Waals surface area contributed by atoms with Gasteiger partial charge in [0, 0.05) is 30.6 Å². The van der Waals surface area contributed by atoms with Gasteiger partial charge in [0.1, 0.15) is 5.82 Å². The van der Waals surface area contributed by atoms with Crippen molar-refractivity contribution in [3.05, 3.63) is 96.7 Å². The molecule has 5 rings (SSSR count). The predicted molar refractivity (Wildman–Crippen MR) is 110 cm³/mol. The van der Waals surface area contributed by atoms with Crippen LogP contribution >= 0.6 is 0 Å². The van der Waals surface area contributed by atoms with Crippen LogP contribution in [-0.2, 0) is 6.42 Å². The second-order valence-corrected chi connectivity index (χ2v) is 6.54. The lowest BCUT2D eigenvalue weighted by Crippen LogP contribution is -1.90. The molecule has 1 N–H and O–H groups in total. The highest BCUT2D eigenvalue weighted by molar-refractivity contribution is 5.84. The SMILES string of the molecule is c1ccc(Cc2nc(-c3ccc4nccnc4c3)c(-c3ccccn3)[nH]2)cc1. The van der Waals surface area contributed by atoms with E-state index in [1.165, 1.54) is 5.56 Å². The second kappa shape index (κ2) is 7.04. The van der Waals surface area contributed by atoms with Crippen LogP contribution in [0.1, 0.15) is 11.4 Å². The fourth-order valence-corrected chi connectivity index (χ4v) is 3.31. The van der Waals surface area contributed by atoms with E-state index in [0.29, 0.717) is 0 Å². The van der Waals surface area contributed by atoms with Gasteiger partial charge in [-0.2, -0.15) is 0 Å². The molecule has 0 bridgehead atoms. The summed E-state index contributed by atoms with van der Waals surface area (Å²) < 4.78 is 0. The standard InChI is InChI=1S/C23H17N5/c1-2-6-16(7-3-1)14-21-27-22(23(28-21)19-8-4-5-11-24-19)17-9-10-18-20(15-17)26-13-12-25-18/h1-13,15H,14H2,(H,27,28). The quantitative estimate of drug-likeness (QED) is 0.504. The third kappa shape index (κ3) is 3.14.